The summed E-state index contributed by atoms with van der Waals surface area (Å²) in [6.07, 6.45) is 0. The van der Waals surface area contributed by atoms with Gasteiger partial charge in [0, 0.05) is 0 Å². The van der Waals surface area contributed by atoms with E-state index in [9.17, 15) is 9.59 Å². The van der Waals surface area contributed by atoms with Gasteiger partial charge in [0.1, 0.15) is 6.54 Å². The van der Waals surface area contributed by atoms with Gasteiger partial charge in [0.05, 0.1) is 16.3 Å². The largest absolute Gasteiger partial charge is 0.478 e. The second-order valence-corrected chi connectivity index (χ2v) is 3.29. The van der Waals surface area contributed by atoms with E-state index in [1.807, 2.05) is 0 Å². The van der Waals surface area contributed by atoms with Crippen molar-refractivity contribution in [1.29, 1.82) is 0 Å². The fourth-order valence-electron chi connectivity index (χ4n) is 1.02. The van der Waals surface area contributed by atoms with E-state index in [0.717, 1.165) is 0 Å². The Balaban J connectivity index is 2.90. The summed E-state index contributed by atoms with van der Waals surface area (Å²) in [6.45, 7) is -0.312. The van der Waals surface area contributed by atoms with Crippen molar-refractivity contribution in [1.82, 2.24) is 5.48 Å². The Morgan fingerprint density at radius 3 is 2.62 bits per heavy atom. The van der Waals surface area contributed by atoms with Crippen LogP contribution in [0.15, 0.2) is 18.2 Å². The lowest BCUT2D eigenvalue weighted by molar-refractivity contribution is -0.116. The second kappa shape index (κ2) is 5.45. The van der Waals surface area contributed by atoms with Crippen molar-refractivity contribution in [2.24, 2.45) is 0 Å². The Morgan fingerprint density at radius 2 is 2.06 bits per heavy atom. The van der Waals surface area contributed by atoms with Crippen molar-refractivity contribution < 1.29 is 19.9 Å². The molecule has 6 nitrogen and oxygen atoms in total. The second-order valence-electron chi connectivity index (χ2n) is 2.88. The van der Waals surface area contributed by atoms with Crippen LogP contribution in [0.2, 0.25) is 5.02 Å². The molecule has 0 saturated heterocycles. The van der Waals surface area contributed by atoms with E-state index in [-0.39, 0.29) is 22.8 Å². The molecule has 1 aromatic rings. The van der Waals surface area contributed by atoms with Crippen LogP contribution in [-0.4, -0.2) is 28.7 Å². The van der Waals surface area contributed by atoms with E-state index in [0.29, 0.717) is 0 Å². The predicted octanol–water partition coefficient (Wildman–Crippen LogP) is 0.955. The summed E-state index contributed by atoms with van der Waals surface area (Å²) < 4.78 is 0. The molecule has 0 aliphatic rings. The number of carboxylic acid groups (broad SMARTS) is 1. The van der Waals surface area contributed by atoms with Crippen molar-refractivity contribution in [3.8, 4) is 0 Å². The topological polar surface area (TPSA) is 98.7 Å². The van der Waals surface area contributed by atoms with Gasteiger partial charge in [-0.2, -0.15) is 5.48 Å². The van der Waals surface area contributed by atoms with Gasteiger partial charge in [0.2, 0.25) is 5.91 Å². The number of hydroxylamine groups is 1. The molecule has 1 aromatic carbocycles. The van der Waals surface area contributed by atoms with Crippen LogP contribution in [0.1, 0.15) is 10.4 Å². The average molecular weight is 245 g/mol. The molecule has 0 spiro atoms. The molecule has 0 aliphatic heterocycles. The molecule has 0 atom stereocenters. The minimum atomic E-state index is -1.12. The molecule has 86 valence electrons. The number of hydrogen-bond acceptors (Lipinski definition) is 4. The minimum absolute atomic E-state index is 0.0108. The number of carbonyl (C=O) groups is 2. The zero-order chi connectivity index (χ0) is 12.1. The predicted molar refractivity (Wildman–Crippen MR) is 56.8 cm³/mol. The number of hydrogen-bond donors (Lipinski definition) is 4. The summed E-state index contributed by atoms with van der Waals surface area (Å²) in [6, 6.07) is 3.93. The molecule has 0 saturated carbocycles. The van der Waals surface area contributed by atoms with Crippen molar-refractivity contribution in [2.45, 2.75) is 0 Å². The number of aromatic carboxylic acids is 1. The summed E-state index contributed by atoms with van der Waals surface area (Å²) in [4.78, 5) is 21.8. The number of amides is 1. The number of carbonyl (C=O) groups excluding carboxylic acids is 1. The summed E-state index contributed by atoms with van der Waals surface area (Å²) in [5.74, 6) is -1.65. The first-order valence-electron chi connectivity index (χ1n) is 4.24. The molecule has 4 N–H and O–H groups in total. The highest BCUT2D eigenvalue weighted by molar-refractivity contribution is 6.33. The van der Waals surface area contributed by atoms with Gasteiger partial charge in [-0.25, -0.2) is 4.79 Å². The molecule has 0 radical (unpaired) electrons. The highest BCUT2D eigenvalue weighted by Gasteiger charge is 2.09. The number of carboxylic acids is 1. The first kappa shape index (κ1) is 12.4. The molecule has 7 heteroatoms. The third kappa shape index (κ3) is 3.20. The molecule has 0 aromatic heterocycles. The van der Waals surface area contributed by atoms with Crippen LogP contribution in [0.25, 0.3) is 0 Å². The van der Waals surface area contributed by atoms with Crippen LogP contribution in [0.3, 0.4) is 0 Å². The average Bonchev–Trinajstić information content (AvgIpc) is 2.21. The van der Waals surface area contributed by atoms with Crippen LogP contribution >= 0.6 is 11.6 Å². The smallest absolute Gasteiger partial charge is 0.335 e. The van der Waals surface area contributed by atoms with Crippen molar-refractivity contribution in [3.05, 3.63) is 28.8 Å². The van der Waals surface area contributed by atoms with Gasteiger partial charge in [0.25, 0.3) is 0 Å². The fourth-order valence-corrected chi connectivity index (χ4v) is 1.19. The van der Waals surface area contributed by atoms with Gasteiger partial charge < -0.3 is 15.6 Å². The van der Waals surface area contributed by atoms with E-state index in [1.165, 1.54) is 18.2 Å². The zero-order valence-corrected chi connectivity index (χ0v) is 8.78. The summed E-state index contributed by atoms with van der Waals surface area (Å²) in [5.41, 5.74) is 1.87. The normalized spacial score (nSPS) is 9.88. The van der Waals surface area contributed by atoms with E-state index in [1.54, 1.807) is 5.48 Å². The van der Waals surface area contributed by atoms with E-state index in [2.05, 4.69) is 5.32 Å². The molecular formula is C9H9ClN2O4. The van der Waals surface area contributed by atoms with Crippen molar-refractivity contribution in [2.75, 3.05) is 11.9 Å². The lowest BCUT2D eigenvalue weighted by Gasteiger charge is -2.07. The SMILES string of the molecule is O=C(CNO)Nc1cc(C(=O)O)ccc1Cl. The quantitative estimate of drug-likeness (QED) is 0.591. The van der Waals surface area contributed by atoms with Gasteiger partial charge in [0.15, 0.2) is 0 Å². The van der Waals surface area contributed by atoms with Crippen molar-refractivity contribution >= 4 is 29.2 Å². The lowest BCUT2D eigenvalue weighted by Crippen LogP contribution is -2.25. The van der Waals surface area contributed by atoms with E-state index in [4.69, 9.17) is 21.9 Å². The van der Waals surface area contributed by atoms with Crippen LogP contribution in [0.5, 0.6) is 0 Å². The molecule has 1 amide bonds. The Morgan fingerprint density at radius 1 is 1.38 bits per heavy atom. The minimum Gasteiger partial charge on any atom is -0.478 e. The number of benzene rings is 1. The summed E-state index contributed by atoms with van der Waals surface area (Å²) >= 11 is 5.75. The van der Waals surface area contributed by atoms with E-state index >= 15 is 0 Å². The first-order valence-corrected chi connectivity index (χ1v) is 4.62. The summed E-state index contributed by atoms with van der Waals surface area (Å²) in [7, 11) is 0. The molecular weight excluding hydrogens is 236 g/mol. The number of halogens is 1. The maximum Gasteiger partial charge on any atom is 0.335 e. The Bertz CT molecular complexity index is 422. The molecule has 0 fully saturated rings. The maximum atomic E-state index is 11.1. The standard InChI is InChI=1S/C9H9ClN2O4/c10-6-2-1-5(9(14)15)3-7(6)12-8(13)4-11-16/h1-3,11,16H,4H2,(H,12,13)(H,14,15). The first-order chi connectivity index (χ1) is 7.54. The van der Waals surface area contributed by atoms with Crippen LogP contribution in [0, 0.1) is 0 Å². The fraction of sp³-hybridized carbons (Fsp3) is 0.111. The van der Waals surface area contributed by atoms with Gasteiger partial charge >= 0.3 is 5.97 Å². The molecule has 0 heterocycles. The monoisotopic (exact) mass is 244 g/mol. The highest BCUT2D eigenvalue weighted by atomic mass is 35.5. The molecule has 1 rings (SSSR count). The number of nitrogens with one attached hydrogen (secondary N) is 2. The third-order valence-electron chi connectivity index (χ3n) is 1.73. The molecule has 16 heavy (non-hydrogen) atoms. The van der Waals surface area contributed by atoms with Gasteiger partial charge in [-0.15, -0.1) is 0 Å². The highest BCUT2D eigenvalue weighted by Crippen LogP contribution is 2.22. The molecule has 0 unspecified atom stereocenters. The van der Waals surface area contributed by atoms with Gasteiger partial charge in [-0.1, -0.05) is 11.6 Å². The zero-order valence-electron chi connectivity index (χ0n) is 8.03. The van der Waals surface area contributed by atoms with Crippen LogP contribution in [-0.2, 0) is 4.79 Å². The Hall–Kier alpha value is -1.63. The van der Waals surface area contributed by atoms with Gasteiger partial charge in [-0.3, -0.25) is 4.79 Å². The Labute approximate surface area is 95.8 Å². The number of anilines is 1. The van der Waals surface area contributed by atoms with Gasteiger partial charge in [-0.05, 0) is 18.2 Å². The molecule has 0 bridgehead atoms. The summed E-state index contributed by atoms with van der Waals surface area (Å²) in [5, 5.41) is 19.6. The van der Waals surface area contributed by atoms with Crippen LogP contribution in [0.4, 0.5) is 5.69 Å². The van der Waals surface area contributed by atoms with E-state index < -0.39 is 11.9 Å². The Kier molecular flexibility index (Phi) is 4.24. The lowest BCUT2D eigenvalue weighted by atomic mass is 10.2. The number of rotatable bonds is 4. The van der Waals surface area contributed by atoms with Crippen LogP contribution < -0.4 is 10.8 Å². The third-order valence-corrected chi connectivity index (χ3v) is 2.06. The maximum absolute atomic E-state index is 11.1. The molecule has 0 aliphatic carbocycles. The van der Waals surface area contributed by atoms with Crippen molar-refractivity contribution in [3.63, 3.8) is 0 Å².